The number of aromatic nitrogens is 3. The highest BCUT2D eigenvalue weighted by Crippen LogP contribution is 2.41. The second kappa shape index (κ2) is 8.55. The maximum absolute atomic E-state index is 5.92. The van der Waals surface area contributed by atoms with E-state index in [1.165, 1.54) is 0 Å². The highest BCUT2D eigenvalue weighted by atomic mass is 16.5. The van der Waals surface area contributed by atoms with E-state index in [2.05, 4.69) is 35.6 Å². The van der Waals surface area contributed by atoms with Gasteiger partial charge in [-0.3, -0.25) is 0 Å². The van der Waals surface area contributed by atoms with E-state index >= 15 is 0 Å². The van der Waals surface area contributed by atoms with Crippen LogP contribution in [0.15, 0.2) is 18.3 Å². The summed E-state index contributed by atoms with van der Waals surface area (Å²) in [6, 6.07) is 3.95. The number of rotatable bonds is 5. The summed E-state index contributed by atoms with van der Waals surface area (Å²) in [6.07, 6.45) is 2.66. The second-order valence-electron chi connectivity index (χ2n) is 7.74. The number of anilines is 2. The highest BCUT2D eigenvalue weighted by Gasteiger charge is 2.24. The van der Waals surface area contributed by atoms with Gasteiger partial charge < -0.3 is 24.8 Å². The molecule has 3 aromatic rings. The summed E-state index contributed by atoms with van der Waals surface area (Å²) in [5.41, 5.74) is 10.6. The first-order valence-electron chi connectivity index (χ1n) is 10.5. The van der Waals surface area contributed by atoms with E-state index in [0.717, 1.165) is 70.1 Å². The molecule has 0 saturated carbocycles. The third-order valence-electron chi connectivity index (χ3n) is 5.76. The van der Waals surface area contributed by atoms with Gasteiger partial charge >= 0.3 is 0 Å². The zero-order valence-corrected chi connectivity index (χ0v) is 18.7. The average molecular weight is 424 g/mol. The number of hydrogen-bond acceptors (Lipinski definition) is 8. The van der Waals surface area contributed by atoms with Crippen LogP contribution >= 0.6 is 0 Å². The quantitative estimate of drug-likeness (QED) is 0.667. The first kappa shape index (κ1) is 21.1. The average Bonchev–Trinajstić information content (AvgIpc) is 2.78. The molecule has 0 aliphatic carbocycles. The molecule has 8 heteroatoms. The molecular weight excluding hydrogens is 394 g/mol. The Morgan fingerprint density at radius 2 is 1.97 bits per heavy atom. The summed E-state index contributed by atoms with van der Waals surface area (Å²) >= 11 is 0. The van der Waals surface area contributed by atoms with Gasteiger partial charge in [0, 0.05) is 47.4 Å². The number of ether oxygens (including phenoxy) is 3. The molecule has 3 heterocycles. The standard InChI is InChI=1S/C23H29N5O3/c1-6-16-19(30-5)10-18(29-4)14(3)20(16)17-9-15-11-25-23(24)27-21(15)22(26-17)28-7-8-31-13(2)12-28/h9-11,13H,6-8,12H2,1-5H3,(H2,24,25,27). The lowest BCUT2D eigenvalue weighted by atomic mass is 9.94. The highest BCUT2D eigenvalue weighted by molar-refractivity contribution is 5.93. The Bertz CT molecular complexity index is 1120. The molecule has 2 aromatic heterocycles. The van der Waals surface area contributed by atoms with Crippen molar-refractivity contribution < 1.29 is 14.2 Å². The number of benzene rings is 1. The van der Waals surface area contributed by atoms with Crippen molar-refractivity contribution in [1.82, 2.24) is 15.0 Å². The number of pyridine rings is 1. The minimum Gasteiger partial charge on any atom is -0.496 e. The fourth-order valence-electron chi connectivity index (χ4n) is 4.27. The van der Waals surface area contributed by atoms with E-state index in [1.54, 1.807) is 20.4 Å². The summed E-state index contributed by atoms with van der Waals surface area (Å²) < 4.78 is 17.1. The SMILES string of the molecule is CCc1c(OC)cc(OC)c(C)c1-c1cc2cnc(N)nc2c(N2CCOC(C)C2)n1. The predicted octanol–water partition coefficient (Wildman–Crippen LogP) is 3.39. The second-order valence-corrected chi connectivity index (χ2v) is 7.74. The fraction of sp³-hybridized carbons (Fsp3) is 0.435. The van der Waals surface area contributed by atoms with Crippen molar-refractivity contribution >= 4 is 22.7 Å². The molecule has 1 unspecified atom stereocenters. The summed E-state index contributed by atoms with van der Waals surface area (Å²) in [4.78, 5) is 16.1. The Morgan fingerprint density at radius 1 is 1.19 bits per heavy atom. The number of nitrogens with two attached hydrogens (primary N) is 1. The van der Waals surface area contributed by atoms with E-state index in [-0.39, 0.29) is 12.1 Å². The molecule has 31 heavy (non-hydrogen) atoms. The van der Waals surface area contributed by atoms with Crippen LogP contribution in [0, 0.1) is 6.92 Å². The molecule has 1 aromatic carbocycles. The van der Waals surface area contributed by atoms with Crippen LogP contribution in [0.5, 0.6) is 11.5 Å². The lowest BCUT2D eigenvalue weighted by Gasteiger charge is -2.32. The van der Waals surface area contributed by atoms with Crippen molar-refractivity contribution in [3.05, 3.63) is 29.5 Å². The number of hydrogen-bond donors (Lipinski definition) is 1. The minimum absolute atomic E-state index is 0.110. The predicted molar refractivity (Wildman–Crippen MR) is 122 cm³/mol. The van der Waals surface area contributed by atoms with Gasteiger partial charge in [-0.2, -0.15) is 0 Å². The van der Waals surface area contributed by atoms with Crippen LogP contribution in [0.2, 0.25) is 0 Å². The zero-order chi connectivity index (χ0) is 22.1. The van der Waals surface area contributed by atoms with Crippen LogP contribution in [-0.2, 0) is 11.2 Å². The molecule has 0 bridgehead atoms. The lowest BCUT2D eigenvalue weighted by Crippen LogP contribution is -2.41. The summed E-state index contributed by atoms with van der Waals surface area (Å²) in [7, 11) is 3.35. The molecule has 0 amide bonds. The first-order chi connectivity index (χ1) is 15.0. The number of methoxy groups -OCH3 is 2. The summed E-state index contributed by atoms with van der Waals surface area (Å²) in [5, 5.41) is 0.886. The van der Waals surface area contributed by atoms with Crippen LogP contribution in [0.1, 0.15) is 25.0 Å². The van der Waals surface area contributed by atoms with Crippen molar-refractivity contribution in [3.63, 3.8) is 0 Å². The Kier molecular flexibility index (Phi) is 5.82. The Balaban J connectivity index is 2.00. The fourth-order valence-corrected chi connectivity index (χ4v) is 4.27. The van der Waals surface area contributed by atoms with Crippen molar-refractivity contribution in [2.45, 2.75) is 33.3 Å². The van der Waals surface area contributed by atoms with E-state index in [9.17, 15) is 0 Å². The molecule has 2 N–H and O–H groups in total. The number of nitrogen functional groups attached to an aromatic ring is 1. The third kappa shape index (κ3) is 3.83. The molecule has 0 radical (unpaired) electrons. The van der Waals surface area contributed by atoms with Gasteiger partial charge in [-0.05, 0) is 26.3 Å². The maximum Gasteiger partial charge on any atom is 0.220 e. The van der Waals surface area contributed by atoms with E-state index < -0.39 is 0 Å². The van der Waals surface area contributed by atoms with E-state index in [4.69, 9.17) is 24.9 Å². The topological polar surface area (TPSA) is 95.6 Å². The molecule has 1 atom stereocenters. The van der Waals surface area contributed by atoms with Gasteiger partial charge in [-0.1, -0.05) is 6.92 Å². The first-order valence-corrected chi connectivity index (χ1v) is 10.5. The van der Waals surface area contributed by atoms with Crippen LogP contribution in [0.4, 0.5) is 11.8 Å². The van der Waals surface area contributed by atoms with Crippen molar-refractivity contribution in [1.29, 1.82) is 0 Å². The number of nitrogens with zero attached hydrogens (tertiary/aromatic N) is 4. The molecular formula is C23H29N5O3. The zero-order valence-electron chi connectivity index (χ0n) is 18.7. The van der Waals surface area contributed by atoms with Crippen LogP contribution in [-0.4, -0.2) is 55.0 Å². The summed E-state index contributed by atoms with van der Waals surface area (Å²) in [5.74, 6) is 2.58. The lowest BCUT2D eigenvalue weighted by molar-refractivity contribution is 0.0530. The number of morpholine rings is 1. The molecule has 4 rings (SSSR count). The van der Waals surface area contributed by atoms with Crippen LogP contribution < -0.4 is 20.1 Å². The van der Waals surface area contributed by atoms with Crippen molar-refractivity contribution in [2.24, 2.45) is 0 Å². The van der Waals surface area contributed by atoms with E-state index in [0.29, 0.717) is 6.61 Å². The van der Waals surface area contributed by atoms with Crippen LogP contribution in [0.25, 0.3) is 22.2 Å². The van der Waals surface area contributed by atoms with Crippen molar-refractivity contribution in [3.8, 4) is 22.8 Å². The van der Waals surface area contributed by atoms with Gasteiger partial charge in [0.1, 0.15) is 17.0 Å². The molecule has 164 valence electrons. The van der Waals surface area contributed by atoms with Gasteiger partial charge in [-0.15, -0.1) is 0 Å². The summed E-state index contributed by atoms with van der Waals surface area (Å²) in [6.45, 7) is 8.34. The normalized spacial score (nSPS) is 16.5. The van der Waals surface area contributed by atoms with E-state index in [1.807, 2.05) is 12.1 Å². The van der Waals surface area contributed by atoms with Gasteiger partial charge in [0.15, 0.2) is 5.82 Å². The third-order valence-corrected chi connectivity index (χ3v) is 5.76. The van der Waals surface area contributed by atoms with Gasteiger partial charge in [0.05, 0.1) is 32.6 Å². The minimum atomic E-state index is 0.110. The molecule has 1 aliphatic heterocycles. The Hall–Kier alpha value is -3.13. The largest absolute Gasteiger partial charge is 0.496 e. The molecule has 1 saturated heterocycles. The molecule has 1 aliphatic rings. The number of fused-ring (bicyclic) bond motifs is 1. The van der Waals surface area contributed by atoms with Gasteiger partial charge in [-0.25, -0.2) is 15.0 Å². The Morgan fingerprint density at radius 3 is 2.65 bits per heavy atom. The maximum atomic E-state index is 5.92. The van der Waals surface area contributed by atoms with Gasteiger partial charge in [0.2, 0.25) is 5.95 Å². The molecule has 0 spiro atoms. The van der Waals surface area contributed by atoms with Crippen LogP contribution in [0.3, 0.4) is 0 Å². The molecule has 1 fully saturated rings. The monoisotopic (exact) mass is 423 g/mol. The molecule has 8 nitrogen and oxygen atoms in total. The smallest absolute Gasteiger partial charge is 0.220 e. The van der Waals surface area contributed by atoms with Crippen molar-refractivity contribution in [2.75, 3.05) is 44.5 Å². The Labute approximate surface area is 182 Å². The van der Waals surface area contributed by atoms with Gasteiger partial charge in [0.25, 0.3) is 0 Å².